The van der Waals surface area contributed by atoms with Crippen molar-refractivity contribution in [2.45, 2.75) is 25.1 Å². The number of alkyl halides is 3. The standard InChI is InChI=1S/C20H18F3N3O6S/c21-20(22,23)15-4-2-11(17(28)25-15)16(27)24-5-6-26-18(29)14(33-19(26)30)8-10-1-3-12-13(7-10)32-9-31-12/h1,3,7-8,11,15H,2,4-6,9H2,(H,24,27)(H,25,28)/b14-8-. The summed E-state index contributed by atoms with van der Waals surface area (Å²) in [5.41, 5.74) is 0.638. The first kappa shape index (κ1) is 23.0. The lowest BCUT2D eigenvalue weighted by atomic mass is 9.93. The van der Waals surface area contributed by atoms with Gasteiger partial charge in [-0.25, -0.2) is 0 Å². The molecule has 3 aliphatic heterocycles. The van der Waals surface area contributed by atoms with Crippen molar-refractivity contribution in [1.29, 1.82) is 0 Å². The Kier molecular flexibility index (Phi) is 6.23. The molecule has 2 fully saturated rings. The van der Waals surface area contributed by atoms with E-state index in [9.17, 15) is 32.3 Å². The van der Waals surface area contributed by atoms with Crippen LogP contribution in [0.1, 0.15) is 18.4 Å². The molecule has 0 aromatic heterocycles. The summed E-state index contributed by atoms with van der Waals surface area (Å²) in [6, 6.07) is 3.10. The average molecular weight is 485 g/mol. The summed E-state index contributed by atoms with van der Waals surface area (Å²) in [4.78, 5) is 50.1. The van der Waals surface area contributed by atoms with Crippen molar-refractivity contribution in [2.24, 2.45) is 5.92 Å². The Labute approximate surface area is 189 Å². The van der Waals surface area contributed by atoms with Crippen molar-refractivity contribution in [1.82, 2.24) is 15.5 Å². The van der Waals surface area contributed by atoms with E-state index in [-0.39, 0.29) is 31.2 Å². The van der Waals surface area contributed by atoms with E-state index in [4.69, 9.17) is 9.47 Å². The monoisotopic (exact) mass is 485 g/mol. The Morgan fingerprint density at radius 1 is 1.21 bits per heavy atom. The molecule has 3 heterocycles. The van der Waals surface area contributed by atoms with E-state index in [0.29, 0.717) is 17.1 Å². The Balaban J connectivity index is 1.30. The molecule has 33 heavy (non-hydrogen) atoms. The zero-order valence-corrected chi connectivity index (χ0v) is 17.8. The molecule has 13 heteroatoms. The number of imide groups is 1. The second kappa shape index (κ2) is 8.96. The number of fused-ring (bicyclic) bond motifs is 1. The van der Waals surface area contributed by atoms with Gasteiger partial charge in [-0.3, -0.25) is 24.1 Å². The molecule has 4 amide bonds. The van der Waals surface area contributed by atoms with Crippen molar-refractivity contribution in [3.8, 4) is 11.5 Å². The van der Waals surface area contributed by atoms with Crippen LogP contribution in [0.25, 0.3) is 6.08 Å². The minimum absolute atomic E-state index is 0.104. The summed E-state index contributed by atoms with van der Waals surface area (Å²) in [6.07, 6.45) is -3.69. The predicted molar refractivity (Wildman–Crippen MR) is 109 cm³/mol. The SMILES string of the molecule is O=C(NCCN1C(=O)S/C(=C\c2ccc3c(c2)OCO3)C1=O)C1CCC(C(F)(F)F)NC1=O. The lowest BCUT2D eigenvalue weighted by molar-refractivity contribution is -0.171. The van der Waals surface area contributed by atoms with Crippen LogP contribution in [-0.4, -0.2) is 60.0 Å². The fourth-order valence-electron chi connectivity index (χ4n) is 3.57. The van der Waals surface area contributed by atoms with Crippen molar-refractivity contribution < 1.29 is 41.8 Å². The average Bonchev–Trinajstić information content (AvgIpc) is 3.32. The number of nitrogens with one attached hydrogen (secondary N) is 2. The molecule has 2 saturated heterocycles. The maximum absolute atomic E-state index is 12.7. The van der Waals surface area contributed by atoms with E-state index in [1.54, 1.807) is 23.5 Å². The zero-order chi connectivity index (χ0) is 23.8. The van der Waals surface area contributed by atoms with Crippen LogP contribution in [0.4, 0.5) is 18.0 Å². The highest BCUT2D eigenvalue weighted by atomic mass is 32.2. The summed E-state index contributed by atoms with van der Waals surface area (Å²) in [6.45, 7) is -0.179. The molecular formula is C20H18F3N3O6S. The highest BCUT2D eigenvalue weighted by molar-refractivity contribution is 8.18. The molecular weight excluding hydrogens is 467 g/mol. The normalized spacial score (nSPS) is 23.8. The van der Waals surface area contributed by atoms with E-state index >= 15 is 0 Å². The number of rotatable bonds is 5. The summed E-state index contributed by atoms with van der Waals surface area (Å²) in [5.74, 6) is -2.45. The Morgan fingerprint density at radius 2 is 1.97 bits per heavy atom. The van der Waals surface area contributed by atoms with Gasteiger partial charge in [-0.05, 0) is 48.4 Å². The minimum Gasteiger partial charge on any atom is -0.454 e. The molecule has 2 N–H and O–H groups in total. The van der Waals surface area contributed by atoms with Gasteiger partial charge in [0.25, 0.3) is 11.1 Å². The molecule has 0 aliphatic carbocycles. The van der Waals surface area contributed by atoms with Gasteiger partial charge in [0, 0.05) is 13.1 Å². The van der Waals surface area contributed by atoms with Crippen LogP contribution in [0.15, 0.2) is 23.1 Å². The molecule has 2 atom stereocenters. The minimum atomic E-state index is -4.57. The number of hydrogen-bond acceptors (Lipinski definition) is 7. The van der Waals surface area contributed by atoms with Crippen LogP contribution >= 0.6 is 11.8 Å². The third-order valence-electron chi connectivity index (χ3n) is 5.29. The molecule has 0 radical (unpaired) electrons. The molecule has 3 aliphatic rings. The largest absolute Gasteiger partial charge is 0.454 e. The highest BCUT2D eigenvalue weighted by Crippen LogP contribution is 2.36. The summed E-state index contributed by atoms with van der Waals surface area (Å²) in [5, 5.41) is 3.69. The maximum atomic E-state index is 12.7. The first-order chi connectivity index (χ1) is 15.6. The molecule has 1 aromatic carbocycles. The topological polar surface area (TPSA) is 114 Å². The van der Waals surface area contributed by atoms with E-state index in [0.717, 1.165) is 16.7 Å². The number of piperidine rings is 1. The molecule has 9 nitrogen and oxygen atoms in total. The lowest BCUT2D eigenvalue weighted by Gasteiger charge is -2.29. The molecule has 1 aromatic rings. The summed E-state index contributed by atoms with van der Waals surface area (Å²) in [7, 11) is 0. The van der Waals surface area contributed by atoms with E-state index in [1.807, 2.05) is 0 Å². The van der Waals surface area contributed by atoms with Gasteiger partial charge in [-0.15, -0.1) is 0 Å². The van der Waals surface area contributed by atoms with Crippen LogP contribution < -0.4 is 20.1 Å². The van der Waals surface area contributed by atoms with Gasteiger partial charge in [0.1, 0.15) is 12.0 Å². The summed E-state index contributed by atoms with van der Waals surface area (Å²) >= 11 is 0.743. The van der Waals surface area contributed by atoms with Crippen molar-refractivity contribution in [2.75, 3.05) is 19.9 Å². The number of nitrogens with zero attached hydrogens (tertiary/aromatic N) is 1. The quantitative estimate of drug-likeness (QED) is 0.485. The molecule has 4 rings (SSSR count). The van der Waals surface area contributed by atoms with Crippen LogP contribution in [0, 0.1) is 5.92 Å². The second-order valence-corrected chi connectivity index (χ2v) is 8.46. The molecule has 176 valence electrons. The van der Waals surface area contributed by atoms with E-state index in [2.05, 4.69) is 5.32 Å². The molecule has 0 spiro atoms. The van der Waals surface area contributed by atoms with Crippen LogP contribution in [-0.2, 0) is 14.4 Å². The Hall–Kier alpha value is -3.22. The first-order valence-electron chi connectivity index (χ1n) is 9.93. The van der Waals surface area contributed by atoms with Crippen molar-refractivity contribution in [3.63, 3.8) is 0 Å². The second-order valence-electron chi connectivity index (χ2n) is 7.47. The van der Waals surface area contributed by atoms with Gasteiger partial charge in [-0.1, -0.05) is 6.07 Å². The van der Waals surface area contributed by atoms with Gasteiger partial charge >= 0.3 is 6.18 Å². The Morgan fingerprint density at radius 3 is 2.70 bits per heavy atom. The number of carbonyl (C=O) groups is 4. The number of amides is 4. The lowest BCUT2D eigenvalue weighted by Crippen LogP contribution is -2.54. The van der Waals surface area contributed by atoms with Gasteiger partial charge in [-0.2, -0.15) is 13.2 Å². The molecule has 2 unspecified atom stereocenters. The van der Waals surface area contributed by atoms with Crippen LogP contribution in [0.2, 0.25) is 0 Å². The maximum Gasteiger partial charge on any atom is 0.408 e. The number of ether oxygens (including phenoxy) is 2. The number of benzene rings is 1. The van der Waals surface area contributed by atoms with Gasteiger partial charge in [0.15, 0.2) is 11.5 Å². The van der Waals surface area contributed by atoms with Crippen LogP contribution in [0.3, 0.4) is 0 Å². The van der Waals surface area contributed by atoms with Gasteiger partial charge in [0.05, 0.1) is 4.91 Å². The number of thioether (sulfide) groups is 1. The zero-order valence-electron chi connectivity index (χ0n) is 16.9. The number of halogens is 3. The third-order valence-corrected chi connectivity index (χ3v) is 6.20. The number of hydrogen-bond donors (Lipinski definition) is 2. The first-order valence-corrected chi connectivity index (χ1v) is 10.7. The van der Waals surface area contributed by atoms with Gasteiger partial charge in [0.2, 0.25) is 18.6 Å². The van der Waals surface area contributed by atoms with Gasteiger partial charge < -0.3 is 20.1 Å². The molecule has 0 saturated carbocycles. The fourth-order valence-corrected chi connectivity index (χ4v) is 4.43. The van der Waals surface area contributed by atoms with Crippen LogP contribution in [0.5, 0.6) is 11.5 Å². The summed E-state index contributed by atoms with van der Waals surface area (Å²) < 4.78 is 48.7. The van der Waals surface area contributed by atoms with Crippen molar-refractivity contribution >= 4 is 40.8 Å². The van der Waals surface area contributed by atoms with E-state index < -0.39 is 47.5 Å². The fraction of sp³-hybridized carbons (Fsp3) is 0.400. The van der Waals surface area contributed by atoms with E-state index in [1.165, 1.54) is 6.08 Å². The number of carbonyl (C=O) groups excluding carboxylic acids is 4. The predicted octanol–water partition coefficient (Wildman–Crippen LogP) is 2.02. The molecule has 0 bridgehead atoms. The Bertz CT molecular complexity index is 1040. The van der Waals surface area contributed by atoms with Crippen molar-refractivity contribution in [3.05, 3.63) is 28.7 Å². The highest BCUT2D eigenvalue weighted by Gasteiger charge is 2.46. The third kappa shape index (κ3) is 4.92. The smallest absolute Gasteiger partial charge is 0.408 e.